The lowest BCUT2D eigenvalue weighted by atomic mass is 10.1. The number of carboxylic acids is 1. The molecule has 6 nitrogen and oxygen atoms in total. The predicted molar refractivity (Wildman–Crippen MR) is 74.6 cm³/mol. The number of carbonyl (C=O) groups is 1. The highest BCUT2D eigenvalue weighted by Gasteiger charge is 2.41. The highest BCUT2D eigenvalue weighted by molar-refractivity contribution is 7.91. The molecule has 0 saturated carbocycles. The van der Waals surface area contributed by atoms with Gasteiger partial charge >= 0.3 is 5.97 Å². The van der Waals surface area contributed by atoms with Crippen molar-refractivity contribution in [3.05, 3.63) is 29.0 Å². The molecule has 0 fully saturated rings. The summed E-state index contributed by atoms with van der Waals surface area (Å²) in [6.07, 6.45) is 1.03. The van der Waals surface area contributed by atoms with Gasteiger partial charge in [-0.15, -0.1) is 11.3 Å². The number of hydrogen-bond donors (Lipinski definition) is 1. The van der Waals surface area contributed by atoms with Crippen LogP contribution in [0.1, 0.15) is 30.1 Å². The minimum Gasteiger partial charge on any atom is -0.476 e. The van der Waals surface area contributed by atoms with Crippen molar-refractivity contribution in [2.45, 2.75) is 18.6 Å². The van der Waals surface area contributed by atoms with E-state index in [1.54, 1.807) is 17.5 Å². The summed E-state index contributed by atoms with van der Waals surface area (Å²) in [5.74, 6) is -1.36. The molecule has 1 N–H and O–H groups in total. The van der Waals surface area contributed by atoms with E-state index < -0.39 is 20.6 Å². The lowest BCUT2D eigenvalue weighted by Gasteiger charge is -2.19. The van der Waals surface area contributed by atoms with Gasteiger partial charge in [0.25, 0.3) is 0 Å². The predicted octanol–water partition coefficient (Wildman–Crippen LogP) is 2.38. The number of thiophene rings is 1. The third-order valence-electron chi connectivity index (χ3n) is 3.04. The number of rotatable bonds is 4. The molecule has 0 radical (unpaired) electrons. The van der Waals surface area contributed by atoms with Crippen LogP contribution in [0.15, 0.2) is 21.9 Å². The van der Waals surface area contributed by atoms with Crippen LogP contribution in [0.25, 0.3) is 10.8 Å². The minimum absolute atomic E-state index is 0.115. The summed E-state index contributed by atoms with van der Waals surface area (Å²) in [6, 6.07) is 3.49. The SMILES string of the molecule is CC(C)(c1oc(-c2cccs2)nc1C(=O)O)S(C)(=O)=O. The van der Waals surface area contributed by atoms with Crippen molar-refractivity contribution < 1.29 is 22.7 Å². The van der Waals surface area contributed by atoms with E-state index in [-0.39, 0.29) is 17.3 Å². The van der Waals surface area contributed by atoms with Crippen LogP contribution in [-0.2, 0) is 14.6 Å². The first-order valence-electron chi connectivity index (χ1n) is 5.62. The van der Waals surface area contributed by atoms with Crippen molar-refractivity contribution in [2.24, 2.45) is 0 Å². The van der Waals surface area contributed by atoms with Gasteiger partial charge in [0.05, 0.1) is 4.88 Å². The summed E-state index contributed by atoms with van der Waals surface area (Å²) in [4.78, 5) is 15.8. The van der Waals surface area contributed by atoms with Crippen LogP contribution >= 0.6 is 11.3 Å². The van der Waals surface area contributed by atoms with Crippen molar-refractivity contribution in [3.8, 4) is 10.8 Å². The van der Waals surface area contributed by atoms with Crippen LogP contribution in [0, 0.1) is 0 Å². The quantitative estimate of drug-likeness (QED) is 0.930. The summed E-state index contributed by atoms with van der Waals surface area (Å²) in [7, 11) is -3.56. The van der Waals surface area contributed by atoms with E-state index >= 15 is 0 Å². The first-order chi connectivity index (χ1) is 9.14. The molecular formula is C12H13NO5S2. The molecule has 8 heteroatoms. The fraction of sp³-hybridized carbons (Fsp3) is 0.333. The Kier molecular flexibility index (Phi) is 3.47. The van der Waals surface area contributed by atoms with Crippen LogP contribution < -0.4 is 0 Å². The van der Waals surface area contributed by atoms with Crippen LogP contribution in [0.3, 0.4) is 0 Å². The number of oxazole rings is 1. The molecule has 0 unspecified atom stereocenters. The molecule has 0 amide bonds. The van der Waals surface area contributed by atoms with Crippen LogP contribution in [0.5, 0.6) is 0 Å². The third kappa shape index (κ3) is 2.36. The summed E-state index contributed by atoms with van der Waals surface area (Å²) < 4.78 is 27.7. The Bertz CT molecular complexity index is 741. The molecule has 0 aliphatic rings. The third-order valence-corrected chi connectivity index (χ3v) is 5.93. The molecule has 20 heavy (non-hydrogen) atoms. The van der Waals surface area contributed by atoms with Crippen LogP contribution in [-0.4, -0.2) is 30.7 Å². The average Bonchev–Trinajstić information content (AvgIpc) is 2.96. The number of hydrogen-bond acceptors (Lipinski definition) is 6. The van der Waals surface area contributed by atoms with Crippen LogP contribution in [0.2, 0.25) is 0 Å². The summed E-state index contributed by atoms with van der Waals surface area (Å²) in [6.45, 7) is 2.79. The fourth-order valence-corrected chi connectivity index (χ4v) is 2.67. The molecule has 0 bridgehead atoms. The summed E-state index contributed by atoms with van der Waals surface area (Å²) in [5.41, 5.74) is -0.371. The maximum absolute atomic E-state index is 11.8. The molecular weight excluding hydrogens is 302 g/mol. The molecule has 108 valence electrons. The Hall–Kier alpha value is -1.67. The van der Waals surface area contributed by atoms with Gasteiger partial charge in [0.2, 0.25) is 5.89 Å². The van der Waals surface area contributed by atoms with E-state index in [1.807, 2.05) is 0 Å². The van der Waals surface area contributed by atoms with E-state index in [1.165, 1.54) is 25.2 Å². The van der Waals surface area contributed by atoms with Gasteiger partial charge in [-0.3, -0.25) is 0 Å². The van der Waals surface area contributed by atoms with E-state index in [4.69, 9.17) is 4.42 Å². The maximum atomic E-state index is 11.8. The fourth-order valence-electron chi connectivity index (χ4n) is 1.55. The topological polar surface area (TPSA) is 97.5 Å². The first-order valence-corrected chi connectivity index (χ1v) is 8.40. The van der Waals surface area contributed by atoms with Gasteiger partial charge in [-0.25, -0.2) is 18.2 Å². The second-order valence-electron chi connectivity index (χ2n) is 4.76. The molecule has 2 heterocycles. The zero-order chi connectivity index (χ0) is 15.1. The van der Waals surface area contributed by atoms with E-state index in [9.17, 15) is 18.3 Å². The van der Waals surface area contributed by atoms with E-state index in [2.05, 4.69) is 4.98 Å². The molecule has 2 aromatic rings. The number of nitrogens with zero attached hydrogens (tertiary/aromatic N) is 1. The van der Waals surface area contributed by atoms with Gasteiger partial charge < -0.3 is 9.52 Å². The monoisotopic (exact) mass is 315 g/mol. The zero-order valence-corrected chi connectivity index (χ0v) is 12.7. The van der Waals surface area contributed by atoms with Crippen LogP contribution in [0.4, 0.5) is 0 Å². The average molecular weight is 315 g/mol. The first kappa shape index (κ1) is 14.7. The Labute approximate surface area is 120 Å². The lowest BCUT2D eigenvalue weighted by Crippen LogP contribution is -2.29. The lowest BCUT2D eigenvalue weighted by molar-refractivity contribution is 0.0687. The molecule has 0 saturated heterocycles. The molecule has 2 aromatic heterocycles. The van der Waals surface area contributed by atoms with Crippen molar-refractivity contribution in [1.29, 1.82) is 0 Å². The highest BCUT2D eigenvalue weighted by atomic mass is 32.2. The molecule has 0 atom stereocenters. The molecule has 0 spiro atoms. The normalized spacial score (nSPS) is 12.6. The van der Waals surface area contributed by atoms with Gasteiger partial charge in [0.1, 0.15) is 4.75 Å². The highest BCUT2D eigenvalue weighted by Crippen LogP contribution is 2.35. The summed E-state index contributed by atoms with van der Waals surface area (Å²) >= 11 is 1.33. The Morgan fingerprint density at radius 1 is 1.45 bits per heavy atom. The Morgan fingerprint density at radius 2 is 2.10 bits per heavy atom. The van der Waals surface area contributed by atoms with E-state index in [0.29, 0.717) is 4.88 Å². The van der Waals surface area contributed by atoms with Gasteiger partial charge in [-0.1, -0.05) is 6.07 Å². The minimum atomic E-state index is -3.56. The van der Waals surface area contributed by atoms with Gasteiger partial charge in [0.15, 0.2) is 21.3 Å². The van der Waals surface area contributed by atoms with Crippen molar-refractivity contribution in [3.63, 3.8) is 0 Å². The second kappa shape index (κ2) is 4.71. The summed E-state index contributed by atoms with van der Waals surface area (Å²) in [5, 5.41) is 11.0. The molecule has 0 aromatic carbocycles. The second-order valence-corrected chi connectivity index (χ2v) is 8.27. The van der Waals surface area contributed by atoms with Crippen molar-refractivity contribution in [1.82, 2.24) is 4.98 Å². The Morgan fingerprint density at radius 3 is 2.55 bits per heavy atom. The van der Waals surface area contributed by atoms with Gasteiger partial charge in [-0.2, -0.15) is 0 Å². The number of carboxylic acid groups (broad SMARTS) is 1. The number of sulfone groups is 1. The number of aromatic nitrogens is 1. The van der Waals surface area contributed by atoms with Gasteiger partial charge in [-0.05, 0) is 25.3 Å². The maximum Gasteiger partial charge on any atom is 0.358 e. The Balaban J connectivity index is 2.67. The van der Waals surface area contributed by atoms with Crippen molar-refractivity contribution >= 4 is 27.1 Å². The number of aromatic carboxylic acids is 1. The largest absolute Gasteiger partial charge is 0.476 e. The molecule has 0 aliphatic heterocycles. The molecule has 0 aliphatic carbocycles. The van der Waals surface area contributed by atoms with Crippen molar-refractivity contribution in [2.75, 3.05) is 6.26 Å². The standard InChI is InChI=1S/C12H13NO5S2/c1-12(2,20(3,16)17)9-8(11(14)15)13-10(18-9)7-5-4-6-19-7/h4-6H,1-3H3,(H,14,15). The zero-order valence-electron chi connectivity index (χ0n) is 11.1. The van der Waals surface area contributed by atoms with Gasteiger partial charge in [0, 0.05) is 6.26 Å². The van der Waals surface area contributed by atoms with E-state index in [0.717, 1.165) is 6.26 Å². The molecule has 2 rings (SSSR count). The smallest absolute Gasteiger partial charge is 0.358 e.